The fourth-order valence-electron chi connectivity index (χ4n) is 2.93. The predicted molar refractivity (Wildman–Crippen MR) is 128 cm³/mol. The molecule has 0 aromatic heterocycles. The summed E-state index contributed by atoms with van der Waals surface area (Å²) < 4.78 is 24.2. The summed E-state index contributed by atoms with van der Waals surface area (Å²) in [5.74, 6) is -0.795. The molecule has 0 fully saturated rings. The number of ether oxygens (including phenoxy) is 2. The minimum atomic E-state index is -0.617. The van der Waals surface area contributed by atoms with Crippen molar-refractivity contribution in [1.29, 1.82) is 5.26 Å². The van der Waals surface area contributed by atoms with Gasteiger partial charge in [0.1, 0.15) is 23.2 Å². The molecule has 0 saturated carbocycles. The van der Waals surface area contributed by atoms with Gasteiger partial charge in [0.05, 0.1) is 6.61 Å². The topological polar surface area (TPSA) is 121 Å². The number of halogens is 1. The monoisotopic (exact) mass is 475 g/mol. The zero-order chi connectivity index (χ0) is 25.2. The Labute approximate surface area is 201 Å². The maximum absolute atomic E-state index is 13.0. The van der Waals surface area contributed by atoms with Gasteiger partial charge in [0, 0.05) is 11.4 Å². The van der Waals surface area contributed by atoms with Crippen LogP contribution in [0, 0.1) is 17.1 Å². The Morgan fingerprint density at radius 1 is 0.971 bits per heavy atom. The average Bonchev–Trinajstić information content (AvgIpc) is 2.85. The molecule has 178 valence electrons. The first-order valence-electron chi connectivity index (χ1n) is 10.5. The second-order valence-electron chi connectivity index (χ2n) is 7.15. The number of phenolic OH excluding ortho intramolecular Hbond substituents is 1. The van der Waals surface area contributed by atoms with Crippen molar-refractivity contribution in [3.05, 3.63) is 83.7 Å². The zero-order valence-electron chi connectivity index (χ0n) is 18.7. The van der Waals surface area contributed by atoms with Crippen LogP contribution in [0.1, 0.15) is 12.5 Å². The highest BCUT2D eigenvalue weighted by Gasteiger charge is 2.13. The summed E-state index contributed by atoms with van der Waals surface area (Å²) in [6, 6.07) is 17.8. The molecule has 9 heteroatoms. The highest BCUT2D eigenvalue weighted by atomic mass is 19.1. The number of nitriles is 1. The average molecular weight is 475 g/mol. The lowest BCUT2D eigenvalue weighted by atomic mass is 10.1. The Bertz CT molecular complexity index is 1270. The summed E-state index contributed by atoms with van der Waals surface area (Å²) >= 11 is 0. The summed E-state index contributed by atoms with van der Waals surface area (Å²) in [4.78, 5) is 24.6. The van der Waals surface area contributed by atoms with Crippen molar-refractivity contribution in [2.45, 2.75) is 6.92 Å². The molecular formula is C26H22FN3O5. The number of carbonyl (C=O) groups is 2. The van der Waals surface area contributed by atoms with E-state index in [2.05, 4.69) is 10.6 Å². The molecule has 0 aliphatic heterocycles. The van der Waals surface area contributed by atoms with Gasteiger partial charge in [-0.05, 0) is 79.2 Å². The molecule has 0 radical (unpaired) electrons. The van der Waals surface area contributed by atoms with Crippen LogP contribution >= 0.6 is 0 Å². The van der Waals surface area contributed by atoms with Gasteiger partial charge in [-0.25, -0.2) is 4.39 Å². The highest BCUT2D eigenvalue weighted by molar-refractivity contribution is 6.09. The number of benzene rings is 3. The molecule has 3 rings (SSSR count). The van der Waals surface area contributed by atoms with Crippen molar-refractivity contribution in [3.8, 4) is 23.3 Å². The van der Waals surface area contributed by atoms with Gasteiger partial charge >= 0.3 is 0 Å². The number of aromatic hydroxyl groups is 1. The maximum Gasteiger partial charge on any atom is 0.266 e. The van der Waals surface area contributed by atoms with Gasteiger partial charge < -0.3 is 25.2 Å². The van der Waals surface area contributed by atoms with Crippen molar-refractivity contribution in [3.63, 3.8) is 0 Å². The van der Waals surface area contributed by atoms with Crippen LogP contribution in [0.15, 0.2) is 72.3 Å². The zero-order valence-corrected chi connectivity index (χ0v) is 18.7. The number of phenols is 1. The van der Waals surface area contributed by atoms with Crippen LogP contribution in [0.2, 0.25) is 0 Å². The largest absolute Gasteiger partial charge is 0.508 e. The van der Waals surface area contributed by atoms with Crippen LogP contribution in [0.4, 0.5) is 15.8 Å². The summed E-state index contributed by atoms with van der Waals surface area (Å²) in [7, 11) is 0. The van der Waals surface area contributed by atoms with E-state index in [1.807, 2.05) is 6.07 Å². The van der Waals surface area contributed by atoms with Crippen molar-refractivity contribution in [2.75, 3.05) is 23.8 Å². The number of nitrogens with one attached hydrogen (secondary N) is 2. The normalized spacial score (nSPS) is 10.7. The molecule has 0 heterocycles. The Balaban J connectivity index is 1.69. The molecule has 0 saturated heterocycles. The van der Waals surface area contributed by atoms with E-state index >= 15 is 0 Å². The van der Waals surface area contributed by atoms with Gasteiger partial charge in [0.25, 0.3) is 11.8 Å². The fraction of sp³-hybridized carbons (Fsp3) is 0.115. The van der Waals surface area contributed by atoms with Crippen LogP contribution < -0.4 is 20.1 Å². The number of hydrogen-bond donors (Lipinski definition) is 3. The van der Waals surface area contributed by atoms with Crippen LogP contribution in [0.3, 0.4) is 0 Å². The number of anilines is 2. The number of carbonyl (C=O) groups excluding carboxylic acids is 2. The van der Waals surface area contributed by atoms with Gasteiger partial charge in [-0.15, -0.1) is 0 Å². The lowest BCUT2D eigenvalue weighted by Crippen LogP contribution is -2.20. The van der Waals surface area contributed by atoms with Crippen molar-refractivity contribution < 1.29 is 28.6 Å². The molecule has 0 aliphatic carbocycles. The first kappa shape index (κ1) is 24.8. The molecule has 8 nitrogen and oxygen atoms in total. The third-order valence-electron chi connectivity index (χ3n) is 4.56. The second kappa shape index (κ2) is 11.9. The maximum atomic E-state index is 13.0. The van der Waals surface area contributed by atoms with Crippen LogP contribution in [0.25, 0.3) is 6.08 Å². The van der Waals surface area contributed by atoms with E-state index in [1.165, 1.54) is 54.6 Å². The van der Waals surface area contributed by atoms with E-state index in [1.54, 1.807) is 25.1 Å². The summed E-state index contributed by atoms with van der Waals surface area (Å²) in [6.07, 6.45) is 1.39. The van der Waals surface area contributed by atoms with E-state index < -0.39 is 17.6 Å². The number of nitrogens with zero attached hydrogens (tertiary/aromatic N) is 1. The smallest absolute Gasteiger partial charge is 0.266 e. The van der Waals surface area contributed by atoms with Crippen molar-refractivity contribution in [1.82, 2.24) is 0 Å². The molecule has 0 spiro atoms. The van der Waals surface area contributed by atoms with Crippen molar-refractivity contribution in [2.24, 2.45) is 0 Å². The van der Waals surface area contributed by atoms with E-state index in [-0.39, 0.29) is 17.9 Å². The number of hydrogen-bond acceptors (Lipinski definition) is 6. The second-order valence-corrected chi connectivity index (χ2v) is 7.15. The molecule has 2 amide bonds. The quantitative estimate of drug-likeness (QED) is 0.238. The third-order valence-corrected chi connectivity index (χ3v) is 4.56. The Hall–Kier alpha value is -4.84. The third kappa shape index (κ3) is 7.33. The van der Waals surface area contributed by atoms with Crippen LogP contribution in [-0.2, 0) is 9.59 Å². The van der Waals surface area contributed by atoms with Crippen LogP contribution in [-0.4, -0.2) is 30.1 Å². The SMILES string of the molecule is CCOc1cc(C=C(C#N)C(=O)Nc2ccc(O)cc2)ccc1OCC(=O)Nc1ccc(F)cc1. The van der Waals surface area contributed by atoms with E-state index in [9.17, 15) is 24.3 Å². The summed E-state index contributed by atoms with van der Waals surface area (Å²) in [5.41, 5.74) is 1.22. The van der Waals surface area contributed by atoms with Crippen molar-refractivity contribution >= 4 is 29.3 Å². The Morgan fingerprint density at radius 2 is 1.63 bits per heavy atom. The predicted octanol–water partition coefficient (Wildman–Crippen LogP) is 4.49. The first-order valence-corrected chi connectivity index (χ1v) is 10.5. The lowest BCUT2D eigenvalue weighted by molar-refractivity contribution is -0.118. The summed E-state index contributed by atoms with van der Waals surface area (Å²) in [5, 5.41) is 24.0. The van der Waals surface area contributed by atoms with E-state index in [0.29, 0.717) is 35.0 Å². The molecule has 0 unspecified atom stereocenters. The molecular weight excluding hydrogens is 453 g/mol. The van der Waals surface area contributed by atoms with Gasteiger partial charge in [0.2, 0.25) is 0 Å². The van der Waals surface area contributed by atoms with Gasteiger partial charge in [0.15, 0.2) is 18.1 Å². The summed E-state index contributed by atoms with van der Waals surface area (Å²) in [6.45, 7) is 1.78. The van der Waals surface area contributed by atoms with Crippen LogP contribution in [0.5, 0.6) is 17.2 Å². The lowest BCUT2D eigenvalue weighted by Gasteiger charge is -2.13. The highest BCUT2D eigenvalue weighted by Crippen LogP contribution is 2.29. The molecule has 0 atom stereocenters. The molecule has 0 aliphatic rings. The minimum absolute atomic E-state index is 0.0535. The number of amides is 2. The van der Waals surface area contributed by atoms with E-state index in [0.717, 1.165) is 0 Å². The molecule has 0 bridgehead atoms. The molecule has 3 N–H and O–H groups in total. The van der Waals surface area contributed by atoms with Gasteiger partial charge in [-0.2, -0.15) is 5.26 Å². The molecule has 3 aromatic rings. The van der Waals surface area contributed by atoms with E-state index in [4.69, 9.17) is 9.47 Å². The fourth-order valence-corrected chi connectivity index (χ4v) is 2.93. The standard InChI is InChI=1S/C26H22FN3O5/c1-2-34-24-14-17(13-18(15-28)26(33)30-21-8-10-22(31)11-9-21)3-12-23(24)35-16-25(32)29-20-6-4-19(27)5-7-20/h3-14,31H,2,16H2,1H3,(H,29,32)(H,30,33). The number of rotatable bonds is 9. The first-order chi connectivity index (χ1) is 16.9. The Kier molecular flexibility index (Phi) is 8.40. The van der Waals surface area contributed by atoms with Gasteiger partial charge in [-0.1, -0.05) is 6.07 Å². The van der Waals surface area contributed by atoms with Gasteiger partial charge in [-0.3, -0.25) is 9.59 Å². The molecule has 3 aromatic carbocycles. The Morgan fingerprint density at radius 3 is 2.29 bits per heavy atom. The minimum Gasteiger partial charge on any atom is -0.508 e. The molecule has 35 heavy (non-hydrogen) atoms.